The number of hydrogen-bond acceptors (Lipinski definition) is 4. The Morgan fingerprint density at radius 3 is 2.76 bits per heavy atom. The minimum absolute atomic E-state index is 0.181. The molecule has 1 aromatic heterocycles. The second-order valence-corrected chi connectivity index (χ2v) is 5.27. The SMILES string of the molecule is CCOC(C)(CC)C(CCc1ccsc1)NN. The number of nitrogens with one attached hydrogen (secondary N) is 1. The Hall–Kier alpha value is -0.420. The summed E-state index contributed by atoms with van der Waals surface area (Å²) in [4.78, 5) is 0. The molecule has 1 rings (SSSR count). The summed E-state index contributed by atoms with van der Waals surface area (Å²) >= 11 is 1.74. The number of hydrazine groups is 1. The van der Waals surface area contributed by atoms with E-state index in [1.807, 2.05) is 6.92 Å². The molecule has 3 nitrogen and oxygen atoms in total. The lowest BCUT2D eigenvalue weighted by Gasteiger charge is -2.36. The molecule has 0 radical (unpaired) electrons. The minimum atomic E-state index is -0.181. The van der Waals surface area contributed by atoms with Crippen molar-refractivity contribution in [3.05, 3.63) is 22.4 Å². The Bertz CT molecular complexity index is 302. The van der Waals surface area contributed by atoms with E-state index in [1.165, 1.54) is 5.56 Å². The summed E-state index contributed by atoms with van der Waals surface area (Å²) in [6.07, 6.45) is 3.00. The van der Waals surface area contributed by atoms with Crippen molar-refractivity contribution in [3.63, 3.8) is 0 Å². The molecule has 0 aliphatic rings. The summed E-state index contributed by atoms with van der Waals surface area (Å²) < 4.78 is 5.86. The van der Waals surface area contributed by atoms with Crippen LogP contribution >= 0.6 is 11.3 Å². The van der Waals surface area contributed by atoms with Crippen LogP contribution in [-0.2, 0) is 11.2 Å². The van der Waals surface area contributed by atoms with Gasteiger partial charge in [0.15, 0.2) is 0 Å². The van der Waals surface area contributed by atoms with Crippen molar-refractivity contribution in [3.8, 4) is 0 Å². The van der Waals surface area contributed by atoms with Gasteiger partial charge in [-0.1, -0.05) is 6.92 Å². The predicted octanol–water partition coefficient (Wildman–Crippen LogP) is 2.72. The number of thiophene rings is 1. The van der Waals surface area contributed by atoms with Gasteiger partial charge in [-0.05, 0) is 55.5 Å². The standard InChI is InChI=1S/C13H24N2OS/c1-4-13(3,16-5-2)12(15-14)7-6-11-8-9-17-10-11/h8-10,12,15H,4-7,14H2,1-3H3. The highest BCUT2D eigenvalue weighted by molar-refractivity contribution is 7.07. The lowest BCUT2D eigenvalue weighted by atomic mass is 9.89. The molecular weight excluding hydrogens is 232 g/mol. The van der Waals surface area contributed by atoms with E-state index >= 15 is 0 Å². The van der Waals surface area contributed by atoms with Crippen LogP contribution < -0.4 is 11.3 Å². The van der Waals surface area contributed by atoms with Gasteiger partial charge in [0.05, 0.1) is 11.6 Å². The van der Waals surface area contributed by atoms with Crippen molar-refractivity contribution in [2.45, 2.75) is 51.7 Å². The molecule has 3 N–H and O–H groups in total. The van der Waals surface area contributed by atoms with Crippen LogP contribution in [0.15, 0.2) is 16.8 Å². The highest BCUT2D eigenvalue weighted by Crippen LogP contribution is 2.23. The van der Waals surface area contributed by atoms with Gasteiger partial charge in [0.1, 0.15) is 0 Å². The number of nitrogens with two attached hydrogens (primary N) is 1. The van der Waals surface area contributed by atoms with Gasteiger partial charge in [-0.3, -0.25) is 11.3 Å². The molecular formula is C13H24N2OS. The fraction of sp³-hybridized carbons (Fsp3) is 0.692. The molecule has 0 fully saturated rings. The number of ether oxygens (including phenoxy) is 1. The van der Waals surface area contributed by atoms with E-state index in [9.17, 15) is 0 Å². The average molecular weight is 256 g/mol. The van der Waals surface area contributed by atoms with E-state index in [-0.39, 0.29) is 11.6 Å². The summed E-state index contributed by atoms with van der Waals surface area (Å²) in [7, 11) is 0. The lowest BCUT2D eigenvalue weighted by molar-refractivity contribution is -0.0569. The molecule has 2 atom stereocenters. The third-order valence-electron chi connectivity index (χ3n) is 3.42. The Kier molecular flexibility index (Phi) is 6.12. The lowest BCUT2D eigenvalue weighted by Crippen LogP contribution is -2.53. The van der Waals surface area contributed by atoms with Gasteiger partial charge in [-0.15, -0.1) is 0 Å². The van der Waals surface area contributed by atoms with Gasteiger partial charge in [0, 0.05) is 6.61 Å². The first-order chi connectivity index (χ1) is 8.16. The van der Waals surface area contributed by atoms with E-state index in [2.05, 4.69) is 36.1 Å². The number of hydrogen-bond donors (Lipinski definition) is 2. The van der Waals surface area contributed by atoms with Crippen molar-refractivity contribution in [1.29, 1.82) is 0 Å². The van der Waals surface area contributed by atoms with Crippen LogP contribution in [0.1, 0.15) is 39.2 Å². The van der Waals surface area contributed by atoms with Crippen molar-refractivity contribution < 1.29 is 4.74 Å². The molecule has 98 valence electrons. The zero-order valence-electron chi connectivity index (χ0n) is 11.0. The van der Waals surface area contributed by atoms with Crippen molar-refractivity contribution in [2.24, 2.45) is 5.84 Å². The van der Waals surface area contributed by atoms with Crippen LogP contribution in [0.2, 0.25) is 0 Å². The molecule has 2 unspecified atom stereocenters. The molecule has 0 saturated carbocycles. The topological polar surface area (TPSA) is 47.3 Å². The molecule has 1 heterocycles. The molecule has 1 aromatic rings. The zero-order chi connectivity index (χ0) is 12.7. The third-order valence-corrected chi connectivity index (χ3v) is 4.15. The van der Waals surface area contributed by atoms with E-state index in [4.69, 9.17) is 10.6 Å². The van der Waals surface area contributed by atoms with Crippen LogP contribution in [-0.4, -0.2) is 18.2 Å². The molecule has 0 spiro atoms. The van der Waals surface area contributed by atoms with Crippen molar-refractivity contribution in [2.75, 3.05) is 6.61 Å². The zero-order valence-corrected chi connectivity index (χ0v) is 11.8. The molecule has 0 bridgehead atoms. The first-order valence-corrected chi connectivity index (χ1v) is 7.21. The Labute approximate surface area is 108 Å². The highest BCUT2D eigenvalue weighted by atomic mass is 32.1. The molecule has 0 aromatic carbocycles. The maximum absolute atomic E-state index is 5.86. The largest absolute Gasteiger partial charge is 0.374 e. The van der Waals surface area contributed by atoms with E-state index in [0.29, 0.717) is 0 Å². The monoisotopic (exact) mass is 256 g/mol. The quantitative estimate of drug-likeness (QED) is 0.555. The van der Waals surface area contributed by atoms with Gasteiger partial charge in [-0.25, -0.2) is 0 Å². The van der Waals surface area contributed by atoms with E-state index < -0.39 is 0 Å². The van der Waals surface area contributed by atoms with Gasteiger partial charge in [0.2, 0.25) is 0 Å². The average Bonchev–Trinajstić information content (AvgIpc) is 2.83. The fourth-order valence-electron chi connectivity index (χ4n) is 2.09. The summed E-state index contributed by atoms with van der Waals surface area (Å²) in [6, 6.07) is 2.36. The number of aryl methyl sites for hydroxylation is 1. The third kappa shape index (κ3) is 4.07. The Morgan fingerprint density at radius 2 is 2.29 bits per heavy atom. The van der Waals surface area contributed by atoms with Crippen molar-refractivity contribution >= 4 is 11.3 Å². The second kappa shape index (κ2) is 7.11. The van der Waals surface area contributed by atoms with Crippen molar-refractivity contribution in [1.82, 2.24) is 5.43 Å². The van der Waals surface area contributed by atoms with E-state index in [1.54, 1.807) is 11.3 Å². The summed E-state index contributed by atoms with van der Waals surface area (Å²) in [5.74, 6) is 5.68. The smallest absolute Gasteiger partial charge is 0.0817 e. The summed E-state index contributed by atoms with van der Waals surface area (Å²) in [5, 5.41) is 4.30. The Morgan fingerprint density at radius 1 is 1.53 bits per heavy atom. The predicted molar refractivity (Wildman–Crippen MR) is 74.1 cm³/mol. The van der Waals surface area contributed by atoms with Crippen LogP contribution in [0.5, 0.6) is 0 Å². The van der Waals surface area contributed by atoms with Gasteiger partial charge < -0.3 is 4.74 Å². The maximum atomic E-state index is 5.86. The first-order valence-electron chi connectivity index (χ1n) is 6.27. The molecule has 0 aliphatic heterocycles. The normalized spacial score (nSPS) is 16.7. The van der Waals surface area contributed by atoms with Gasteiger partial charge >= 0.3 is 0 Å². The number of rotatable bonds is 8. The van der Waals surface area contributed by atoms with Gasteiger partial charge in [-0.2, -0.15) is 11.3 Å². The minimum Gasteiger partial charge on any atom is -0.374 e. The maximum Gasteiger partial charge on any atom is 0.0817 e. The summed E-state index contributed by atoms with van der Waals surface area (Å²) in [6.45, 7) is 7.03. The molecule has 4 heteroatoms. The van der Waals surface area contributed by atoms with Crippen LogP contribution in [0.4, 0.5) is 0 Å². The highest BCUT2D eigenvalue weighted by Gasteiger charge is 2.32. The molecule has 0 aliphatic carbocycles. The van der Waals surface area contributed by atoms with Crippen LogP contribution in [0.3, 0.4) is 0 Å². The fourth-order valence-corrected chi connectivity index (χ4v) is 2.79. The van der Waals surface area contributed by atoms with E-state index in [0.717, 1.165) is 25.9 Å². The summed E-state index contributed by atoms with van der Waals surface area (Å²) in [5.41, 5.74) is 4.12. The first kappa shape index (κ1) is 14.6. The van der Waals surface area contributed by atoms with Gasteiger partial charge in [0.25, 0.3) is 0 Å². The molecule has 0 saturated heterocycles. The van der Waals surface area contributed by atoms with Crippen LogP contribution in [0.25, 0.3) is 0 Å². The van der Waals surface area contributed by atoms with Crippen LogP contribution in [0, 0.1) is 0 Å². The second-order valence-electron chi connectivity index (χ2n) is 4.49. The molecule has 0 amide bonds. The molecule has 17 heavy (non-hydrogen) atoms. The Balaban J connectivity index is 2.56.